The molecule has 1 aliphatic carbocycles. The Balaban J connectivity index is 1.47. The van der Waals surface area contributed by atoms with Crippen LogP contribution < -0.4 is 9.64 Å². The highest BCUT2D eigenvalue weighted by Gasteiger charge is 2.40. The van der Waals surface area contributed by atoms with Crippen LogP contribution in [0.5, 0.6) is 5.75 Å². The minimum absolute atomic E-state index is 0.0168. The summed E-state index contributed by atoms with van der Waals surface area (Å²) in [6.45, 7) is 2.15. The van der Waals surface area contributed by atoms with E-state index in [9.17, 15) is 0 Å². The van der Waals surface area contributed by atoms with Gasteiger partial charge in [0.25, 0.3) is 0 Å². The number of nitrogens with zero attached hydrogens (tertiary/aromatic N) is 1. The molecule has 1 aliphatic heterocycles. The van der Waals surface area contributed by atoms with E-state index in [0.29, 0.717) is 0 Å². The smallest absolute Gasteiger partial charge is 0.135 e. The van der Waals surface area contributed by atoms with Gasteiger partial charge in [0.15, 0.2) is 0 Å². The fourth-order valence-corrected chi connectivity index (χ4v) is 5.61. The Morgan fingerprint density at radius 3 is 2.17 bits per heavy atom. The highest BCUT2D eigenvalue weighted by Crippen LogP contribution is 2.54. The fraction of sp³-hybridized carbons (Fsp3) is 0.0909. The molecule has 7 rings (SSSR count). The summed E-state index contributed by atoms with van der Waals surface area (Å²) in [5.74, 6) is 1.14. The van der Waals surface area contributed by atoms with E-state index in [4.69, 9.17) is 4.74 Å². The van der Waals surface area contributed by atoms with Gasteiger partial charge >= 0.3 is 0 Å². The van der Waals surface area contributed by atoms with Crippen molar-refractivity contribution in [1.82, 2.24) is 0 Å². The van der Waals surface area contributed by atoms with Gasteiger partial charge in [0.05, 0.1) is 5.70 Å². The van der Waals surface area contributed by atoms with E-state index in [0.717, 1.165) is 17.1 Å². The van der Waals surface area contributed by atoms with Crippen LogP contribution in [0.1, 0.15) is 34.3 Å². The lowest BCUT2D eigenvalue weighted by Gasteiger charge is -2.34. The Labute approximate surface area is 205 Å². The number of hydrogen-bond acceptors (Lipinski definition) is 2. The number of fused-ring (bicyclic) bond motifs is 6. The summed E-state index contributed by atoms with van der Waals surface area (Å²) < 4.78 is 6.64. The molecule has 35 heavy (non-hydrogen) atoms. The highest BCUT2D eigenvalue weighted by molar-refractivity contribution is 5.92. The third-order valence-electron chi connectivity index (χ3n) is 7.21. The number of anilines is 2. The molecule has 2 heteroatoms. The van der Waals surface area contributed by atoms with Crippen molar-refractivity contribution in [3.05, 3.63) is 144 Å². The van der Waals surface area contributed by atoms with E-state index in [1.54, 1.807) is 0 Å². The molecule has 2 unspecified atom stereocenters. The Morgan fingerprint density at radius 1 is 0.629 bits per heavy atom. The molecule has 168 valence electrons. The van der Waals surface area contributed by atoms with E-state index < -0.39 is 0 Å². The van der Waals surface area contributed by atoms with E-state index in [-0.39, 0.29) is 12.0 Å². The van der Waals surface area contributed by atoms with E-state index in [1.165, 1.54) is 38.7 Å². The lowest BCUT2D eigenvalue weighted by atomic mass is 9.81. The number of ether oxygens (including phenoxy) is 1. The molecule has 5 aromatic rings. The molecule has 2 nitrogen and oxygen atoms in total. The zero-order chi connectivity index (χ0) is 23.4. The molecule has 5 aromatic carbocycles. The van der Waals surface area contributed by atoms with Gasteiger partial charge in [0.2, 0.25) is 0 Å². The van der Waals surface area contributed by atoms with Gasteiger partial charge in [-0.1, -0.05) is 78.9 Å². The first-order valence-electron chi connectivity index (χ1n) is 12.2. The van der Waals surface area contributed by atoms with Gasteiger partial charge in [-0.2, -0.15) is 0 Å². The van der Waals surface area contributed by atoms with Gasteiger partial charge in [-0.05, 0) is 65.7 Å². The van der Waals surface area contributed by atoms with Crippen LogP contribution in [0.25, 0.3) is 16.5 Å². The highest BCUT2D eigenvalue weighted by atomic mass is 16.5. The first-order chi connectivity index (χ1) is 17.3. The Hall–Kier alpha value is -4.30. The summed E-state index contributed by atoms with van der Waals surface area (Å²) in [4.78, 5) is 2.39. The Kier molecular flexibility index (Phi) is 4.53. The van der Waals surface area contributed by atoms with Crippen molar-refractivity contribution in [2.45, 2.75) is 18.9 Å². The SMILES string of the molecule is Cc1cccc(N(C2=CC3c4cc5ccccc5cc4OC3c3ccccc32)c2ccccc2)c1. The van der Waals surface area contributed by atoms with Crippen molar-refractivity contribution in [3.8, 4) is 5.75 Å². The van der Waals surface area contributed by atoms with Crippen molar-refractivity contribution in [2.24, 2.45) is 0 Å². The minimum atomic E-state index is -0.0168. The first-order valence-corrected chi connectivity index (χ1v) is 12.2. The average Bonchev–Trinajstić information content (AvgIpc) is 3.26. The maximum Gasteiger partial charge on any atom is 0.135 e. The van der Waals surface area contributed by atoms with Gasteiger partial charge in [0, 0.05) is 34.0 Å². The summed E-state index contributed by atoms with van der Waals surface area (Å²) in [5, 5.41) is 2.47. The standard InChI is InChI=1S/C33H25NO/c1-22-10-9-15-26(18-22)34(25-13-3-2-4-14-25)31-21-30-29-19-23-11-5-6-12-24(23)20-32(29)35-33(30)28-17-8-7-16-27(28)31/h2-21,30,33H,1H3. The number of para-hydroxylation sites is 1. The predicted molar refractivity (Wildman–Crippen MR) is 144 cm³/mol. The molecule has 0 bridgehead atoms. The molecular weight excluding hydrogens is 426 g/mol. The van der Waals surface area contributed by atoms with Gasteiger partial charge in [-0.25, -0.2) is 0 Å². The maximum absolute atomic E-state index is 6.64. The van der Waals surface area contributed by atoms with Crippen LogP contribution >= 0.6 is 0 Å². The van der Waals surface area contributed by atoms with E-state index in [1.807, 2.05) is 0 Å². The topological polar surface area (TPSA) is 12.5 Å². The quantitative estimate of drug-likeness (QED) is 0.272. The van der Waals surface area contributed by atoms with Crippen molar-refractivity contribution in [3.63, 3.8) is 0 Å². The van der Waals surface area contributed by atoms with Gasteiger partial charge in [-0.15, -0.1) is 0 Å². The van der Waals surface area contributed by atoms with Crippen molar-refractivity contribution >= 4 is 27.8 Å². The average molecular weight is 452 g/mol. The monoisotopic (exact) mass is 451 g/mol. The second-order valence-electron chi connectivity index (χ2n) is 9.45. The molecule has 0 fully saturated rings. The molecule has 2 atom stereocenters. The molecule has 0 aromatic heterocycles. The maximum atomic E-state index is 6.64. The fourth-order valence-electron chi connectivity index (χ4n) is 5.61. The van der Waals surface area contributed by atoms with E-state index in [2.05, 4.69) is 133 Å². The second-order valence-corrected chi connectivity index (χ2v) is 9.45. The van der Waals surface area contributed by atoms with Crippen LogP contribution in [0, 0.1) is 6.92 Å². The zero-order valence-corrected chi connectivity index (χ0v) is 19.6. The lowest BCUT2D eigenvalue weighted by Crippen LogP contribution is -2.23. The summed E-state index contributed by atoms with van der Waals surface area (Å²) in [6.07, 6.45) is 2.40. The molecule has 0 saturated heterocycles. The van der Waals surface area contributed by atoms with Gasteiger partial charge in [-0.3, -0.25) is 0 Å². The van der Waals surface area contributed by atoms with Crippen LogP contribution in [0.4, 0.5) is 11.4 Å². The molecule has 0 radical (unpaired) electrons. The number of hydrogen-bond donors (Lipinski definition) is 0. The van der Waals surface area contributed by atoms with Crippen LogP contribution in [0.3, 0.4) is 0 Å². The molecule has 2 aliphatic rings. The Morgan fingerprint density at radius 2 is 1.34 bits per heavy atom. The number of rotatable bonds is 3. The second kappa shape index (κ2) is 7.89. The Bertz CT molecular complexity index is 1600. The van der Waals surface area contributed by atoms with Crippen LogP contribution in [-0.2, 0) is 0 Å². The molecule has 0 spiro atoms. The van der Waals surface area contributed by atoms with Crippen LogP contribution in [-0.4, -0.2) is 0 Å². The summed E-state index contributed by atoms with van der Waals surface area (Å²) in [7, 11) is 0. The zero-order valence-electron chi connectivity index (χ0n) is 19.6. The van der Waals surface area contributed by atoms with E-state index >= 15 is 0 Å². The number of benzene rings is 5. The van der Waals surface area contributed by atoms with Gasteiger partial charge < -0.3 is 9.64 Å². The molecule has 1 heterocycles. The minimum Gasteiger partial charge on any atom is -0.484 e. The molecular formula is C33H25NO. The summed E-state index contributed by atoms with van der Waals surface area (Å²) >= 11 is 0. The third-order valence-corrected chi connectivity index (χ3v) is 7.21. The molecule has 0 saturated carbocycles. The first kappa shape index (κ1) is 20.1. The lowest BCUT2D eigenvalue weighted by molar-refractivity contribution is 0.223. The third kappa shape index (κ3) is 3.25. The van der Waals surface area contributed by atoms with Crippen molar-refractivity contribution < 1.29 is 4.74 Å². The summed E-state index contributed by atoms with van der Waals surface area (Å²) in [6, 6.07) is 41.2. The predicted octanol–water partition coefficient (Wildman–Crippen LogP) is 8.56. The normalized spacial score (nSPS) is 17.7. The molecule has 0 N–H and O–H groups in total. The number of aryl methyl sites for hydroxylation is 1. The van der Waals surface area contributed by atoms with Gasteiger partial charge in [0.1, 0.15) is 11.9 Å². The van der Waals surface area contributed by atoms with Crippen molar-refractivity contribution in [1.29, 1.82) is 0 Å². The summed E-state index contributed by atoms with van der Waals surface area (Å²) in [5.41, 5.74) is 8.47. The largest absolute Gasteiger partial charge is 0.484 e. The van der Waals surface area contributed by atoms with Crippen molar-refractivity contribution in [2.75, 3.05) is 4.90 Å². The van der Waals surface area contributed by atoms with Crippen LogP contribution in [0.15, 0.2) is 121 Å². The molecule has 0 amide bonds. The van der Waals surface area contributed by atoms with Crippen LogP contribution in [0.2, 0.25) is 0 Å².